The fourth-order valence-corrected chi connectivity index (χ4v) is 13.4. The largest absolute Gasteiger partial charge is 0.0725 e. The third-order valence-electron chi connectivity index (χ3n) is 16.3. The van der Waals surface area contributed by atoms with E-state index in [0.29, 0.717) is 0 Å². The van der Waals surface area contributed by atoms with E-state index in [1.54, 1.807) is 0 Å². The Hall–Kier alpha value is -8.84. The van der Waals surface area contributed by atoms with Crippen molar-refractivity contribution in [2.75, 3.05) is 0 Å². The number of rotatable bonds is 0. The molecule has 1 spiro atoms. The van der Waals surface area contributed by atoms with Crippen molar-refractivity contribution < 1.29 is 0 Å². The summed E-state index contributed by atoms with van der Waals surface area (Å²) in [6.07, 6.45) is 2.09. The van der Waals surface area contributed by atoms with Crippen LogP contribution < -0.4 is 0 Å². The molecule has 0 heteroatoms. The van der Waals surface area contributed by atoms with Gasteiger partial charge in [-0.05, 0) is 156 Å². The zero-order valence-electron chi connectivity index (χ0n) is 39.2. The molecule has 17 rings (SSSR count). The topological polar surface area (TPSA) is 0 Å². The van der Waals surface area contributed by atoms with Crippen molar-refractivity contribution >= 4 is 53.9 Å². The van der Waals surface area contributed by atoms with E-state index in [0.717, 1.165) is 12.8 Å². The molecule has 71 heavy (non-hydrogen) atoms. The predicted molar refractivity (Wildman–Crippen MR) is 300 cm³/mol. The van der Waals surface area contributed by atoms with E-state index in [2.05, 4.69) is 255 Å². The lowest BCUT2D eigenvalue weighted by atomic mass is 9.70. The highest BCUT2D eigenvalue weighted by Crippen LogP contribution is 2.62. The Balaban J connectivity index is 0.0000000959. The van der Waals surface area contributed by atoms with Gasteiger partial charge in [-0.2, -0.15) is 0 Å². The van der Waals surface area contributed by atoms with E-state index in [9.17, 15) is 0 Å². The molecule has 0 saturated carbocycles. The van der Waals surface area contributed by atoms with E-state index in [4.69, 9.17) is 0 Å². The average molecular weight is 899 g/mol. The highest BCUT2D eigenvalue weighted by molar-refractivity contribution is 6.27. The zero-order valence-corrected chi connectivity index (χ0v) is 39.2. The van der Waals surface area contributed by atoms with Crippen molar-refractivity contribution in [2.45, 2.75) is 18.3 Å². The van der Waals surface area contributed by atoms with Gasteiger partial charge in [-0.15, -0.1) is 0 Å². The summed E-state index contributed by atoms with van der Waals surface area (Å²) in [4.78, 5) is 0. The molecule has 0 atom stereocenters. The van der Waals surface area contributed by atoms with E-state index in [1.165, 1.54) is 143 Å². The van der Waals surface area contributed by atoms with Crippen LogP contribution in [-0.2, 0) is 18.3 Å². The van der Waals surface area contributed by atoms with E-state index < -0.39 is 0 Å². The summed E-state index contributed by atoms with van der Waals surface area (Å²) in [5, 5.41) is 13.7. The van der Waals surface area contributed by atoms with Gasteiger partial charge in [-0.3, -0.25) is 0 Å². The molecule has 0 aromatic heterocycles. The molecule has 0 fully saturated rings. The Bertz CT molecular complexity index is 4130. The number of benzene rings is 13. The van der Waals surface area contributed by atoms with Crippen LogP contribution in [0.15, 0.2) is 255 Å². The quantitative estimate of drug-likeness (QED) is 0.133. The van der Waals surface area contributed by atoms with E-state index in [-0.39, 0.29) is 5.41 Å². The molecular weight excluding hydrogens is 853 g/mol. The third-order valence-corrected chi connectivity index (χ3v) is 16.3. The maximum absolute atomic E-state index is 2.32. The SMILES string of the molecule is c1ccc2c(c1)-c1ccccc1C21c2ccccc2-c2ccccc21.c1ccc2c(c1)Cc1c-2ccc2c3ccccc3c3ccccc3c12.c1ccc2c(c1)Cc1c-2ccc2ccc3ccccc3c12. The molecule has 13 aromatic rings. The minimum atomic E-state index is -0.180. The molecule has 0 heterocycles. The summed E-state index contributed by atoms with van der Waals surface area (Å²) in [7, 11) is 0. The fraction of sp³-hybridized carbons (Fsp3) is 0.0423. The summed E-state index contributed by atoms with van der Waals surface area (Å²) in [5.74, 6) is 0. The number of hydrogen-bond donors (Lipinski definition) is 0. The molecule has 0 saturated heterocycles. The van der Waals surface area contributed by atoms with Gasteiger partial charge >= 0.3 is 0 Å². The lowest BCUT2D eigenvalue weighted by Crippen LogP contribution is -2.25. The molecule has 0 N–H and O–H groups in total. The first-order valence-electron chi connectivity index (χ1n) is 25.1. The maximum Gasteiger partial charge on any atom is 0.0725 e. The predicted octanol–water partition coefficient (Wildman–Crippen LogP) is 18.3. The first-order valence-corrected chi connectivity index (χ1v) is 25.1. The van der Waals surface area contributed by atoms with Crippen molar-refractivity contribution in [2.24, 2.45) is 0 Å². The molecule has 0 aliphatic heterocycles. The standard InChI is InChI=1S/2C25H16.C21H14/c1-5-13-21-17(9-1)18-10-2-6-14-22(18)25(21)23-15-7-3-11-19(23)20-12-4-8-16-24(20)25;1-2-8-17-16(7-1)15-24-21(17)13-14-23-20-11-4-3-9-18(20)19-10-5-6-12-22(19)25(23)24;1-4-8-18-14(5-1)9-10-15-11-12-19-17-7-3-2-6-16(17)13-20(19)21(15)18/h1-16H;1-14H,15H2;1-12H,13H2. The molecule has 0 bridgehead atoms. The average Bonchev–Trinajstić information content (AvgIpc) is 4.20. The normalized spacial score (nSPS) is 13.4. The molecule has 0 nitrogen and oxygen atoms in total. The molecule has 4 aliphatic rings. The second-order valence-corrected chi connectivity index (χ2v) is 19.7. The Labute approximate surface area is 413 Å². The minimum absolute atomic E-state index is 0.180. The monoisotopic (exact) mass is 898 g/mol. The molecule has 0 unspecified atom stereocenters. The van der Waals surface area contributed by atoms with Crippen LogP contribution in [0, 0.1) is 0 Å². The van der Waals surface area contributed by atoms with Crippen LogP contribution in [0.4, 0.5) is 0 Å². The minimum Gasteiger partial charge on any atom is -0.0619 e. The molecule has 330 valence electrons. The lowest BCUT2D eigenvalue weighted by molar-refractivity contribution is 0.794. The van der Waals surface area contributed by atoms with Crippen LogP contribution in [0.1, 0.15) is 44.5 Å². The van der Waals surface area contributed by atoms with Gasteiger partial charge in [0, 0.05) is 0 Å². The first kappa shape index (κ1) is 40.1. The van der Waals surface area contributed by atoms with Gasteiger partial charge in [-0.1, -0.05) is 255 Å². The summed E-state index contributed by atoms with van der Waals surface area (Å²) in [6, 6.07) is 93.3. The van der Waals surface area contributed by atoms with Crippen molar-refractivity contribution in [3.05, 3.63) is 299 Å². The van der Waals surface area contributed by atoms with Gasteiger partial charge in [0.25, 0.3) is 0 Å². The van der Waals surface area contributed by atoms with Gasteiger partial charge in [0.1, 0.15) is 0 Å². The van der Waals surface area contributed by atoms with E-state index >= 15 is 0 Å². The molecule has 0 radical (unpaired) electrons. The molecular formula is C71H46. The van der Waals surface area contributed by atoms with Crippen molar-refractivity contribution in [3.8, 4) is 44.5 Å². The number of hydrogen-bond acceptors (Lipinski definition) is 0. The second-order valence-electron chi connectivity index (χ2n) is 19.7. The van der Waals surface area contributed by atoms with Crippen LogP contribution in [-0.4, -0.2) is 0 Å². The highest BCUT2D eigenvalue weighted by atomic mass is 14.5. The molecule has 0 amide bonds. The summed E-state index contributed by atoms with van der Waals surface area (Å²) in [6.45, 7) is 0. The second kappa shape index (κ2) is 15.6. The van der Waals surface area contributed by atoms with Gasteiger partial charge in [0.15, 0.2) is 0 Å². The highest BCUT2D eigenvalue weighted by Gasteiger charge is 2.51. The van der Waals surface area contributed by atoms with Crippen molar-refractivity contribution in [1.29, 1.82) is 0 Å². The van der Waals surface area contributed by atoms with Gasteiger partial charge < -0.3 is 0 Å². The maximum atomic E-state index is 2.32. The Morgan fingerprint density at radius 3 is 1.07 bits per heavy atom. The summed E-state index contributed by atoms with van der Waals surface area (Å²) in [5.41, 5.74) is 22.4. The smallest absolute Gasteiger partial charge is 0.0619 e. The zero-order chi connectivity index (χ0) is 46.6. The van der Waals surface area contributed by atoms with Crippen molar-refractivity contribution in [1.82, 2.24) is 0 Å². The summed E-state index contributed by atoms with van der Waals surface area (Å²) >= 11 is 0. The fourth-order valence-electron chi connectivity index (χ4n) is 13.4. The van der Waals surface area contributed by atoms with Crippen LogP contribution >= 0.6 is 0 Å². The van der Waals surface area contributed by atoms with Gasteiger partial charge in [0.2, 0.25) is 0 Å². The Morgan fingerprint density at radius 1 is 0.211 bits per heavy atom. The summed E-state index contributed by atoms with van der Waals surface area (Å²) < 4.78 is 0. The van der Waals surface area contributed by atoms with Crippen LogP contribution in [0.5, 0.6) is 0 Å². The Kier molecular flexibility index (Phi) is 8.80. The molecule has 13 aromatic carbocycles. The van der Waals surface area contributed by atoms with Crippen molar-refractivity contribution in [3.63, 3.8) is 0 Å². The van der Waals surface area contributed by atoms with Gasteiger partial charge in [0.05, 0.1) is 5.41 Å². The Morgan fingerprint density at radius 2 is 0.549 bits per heavy atom. The van der Waals surface area contributed by atoms with Gasteiger partial charge in [-0.25, -0.2) is 0 Å². The van der Waals surface area contributed by atoms with Crippen LogP contribution in [0.3, 0.4) is 0 Å². The first-order chi connectivity index (χ1) is 35.3. The molecule has 4 aliphatic carbocycles. The van der Waals surface area contributed by atoms with E-state index in [1.807, 2.05) is 0 Å². The third kappa shape index (κ3) is 5.74. The number of fused-ring (bicyclic) bond motifs is 27. The van der Waals surface area contributed by atoms with Crippen LogP contribution in [0.2, 0.25) is 0 Å². The van der Waals surface area contributed by atoms with Crippen LogP contribution in [0.25, 0.3) is 98.4 Å². The lowest BCUT2D eigenvalue weighted by Gasteiger charge is -2.30.